The van der Waals surface area contributed by atoms with Crippen molar-refractivity contribution in [2.75, 3.05) is 6.61 Å². The summed E-state index contributed by atoms with van der Waals surface area (Å²) >= 11 is 6.24. The van der Waals surface area contributed by atoms with Gasteiger partial charge < -0.3 is 9.72 Å². The number of rotatable bonds is 4. The Labute approximate surface area is 143 Å². The van der Waals surface area contributed by atoms with Crippen LogP contribution in [0.15, 0.2) is 59.4 Å². The number of benzene rings is 2. The molecule has 0 amide bonds. The molecule has 1 N–H and O–H groups in total. The average Bonchev–Trinajstić information content (AvgIpc) is 2.93. The van der Waals surface area contributed by atoms with E-state index in [1.165, 1.54) is 4.57 Å². The largest absolute Gasteiger partial charge is 0.461 e. The van der Waals surface area contributed by atoms with Gasteiger partial charge in [0.15, 0.2) is 5.69 Å². The van der Waals surface area contributed by atoms with Gasteiger partial charge in [0.1, 0.15) is 0 Å². The topological polar surface area (TPSA) is 64.1 Å². The second kappa shape index (κ2) is 6.76. The highest BCUT2D eigenvalue weighted by atomic mass is 35.5. The molecule has 0 saturated carbocycles. The quantitative estimate of drug-likeness (QED) is 0.736. The van der Waals surface area contributed by atoms with Crippen molar-refractivity contribution < 1.29 is 9.53 Å². The molecule has 3 aromatic rings. The number of aromatic amines is 1. The highest BCUT2D eigenvalue weighted by molar-refractivity contribution is 6.33. The summed E-state index contributed by atoms with van der Waals surface area (Å²) in [6, 6.07) is 15.9. The molecule has 122 valence electrons. The molecule has 6 heteroatoms. The minimum absolute atomic E-state index is 0.126. The van der Waals surface area contributed by atoms with Crippen LogP contribution in [-0.4, -0.2) is 22.1 Å². The van der Waals surface area contributed by atoms with E-state index in [0.29, 0.717) is 22.0 Å². The second-order valence-electron chi connectivity index (χ2n) is 5.03. The number of esters is 1. The van der Waals surface area contributed by atoms with E-state index in [9.17, 15) is 9.59 Å². The number of imidazole rings is 1. The zero-order valence-corrected chi connectivity index (χ0v) is 13.7. The summed E-state index contributed by atoms with van der Waals surface area (Å²) in [7, 11) is 0. The third-order valence-corrected chi connectivity index (χ3v) is 3.85. The van der Waals surface area contributed by atoms with Crippen molar-refractivity contribution in [2.24, 2.45) is 0 Å². The molecule has 0 unspecified atom stereocenters. The van der Waals surface area contributed by atoms with Crippen LogP contribution in [0.3, 0.4) is 0 Å². The zero-order chi connectivity index (χ0) is 17.1. The molecule has 0 aliphatic heterocycles. The Morgan fingerprint density at radius 2 is 1.79 bits per heavy atom. The van der Waals surface area contributed by atoms with Crippen LogP contribution in [0.1, 0.15) is 17.4 Å². The smallest absolute Gasteiger partial charge is 0.357 e. The van der Waals surface area contributed by atoms with Gasteiger partial charge in [0.05, 0.1) is 18.0 Å². The van der Waals surface area contributed by atoms with Gasteiger partial charge in [-0.05, 0) is 25.1 Å². The first kappa shape index (κ1) is 16.1. The average molecular weight is 343 g/mol. The van der Waals surface area contributed by atoms with Gasteiger partial charge in [-0.15, -0.1) is 0 Å². The van der Waals surface area contributed by atoms with E-state index in [0.717, 1.165) is 0 Å². The van der Waals surface area contributed by atoms with Gasteiger partial charge in [0.2, 0.25) is 0 Å². The number of nitrogens with zero attached hydrogens (tertiary/aromatic N) is 1. The van der Waals surface area contributed by atoms with E-state index in [1.807, 2.05) is 6.07 Å². The Morgan fingerprint density at radius 1 is 1.12 bits per heavy atom. The van der Waals surface area contributed by atoms with Crippen molar-refractivity contribution in [3.8, 4) is 16.9 Å². The van der Waals surface area contributed by atoms with Crippen LogP contribution in [0.4, 0.5) is 0 Å². The molecule has 24 heavy (non-hydrogen) atoms. The molecule has 0 spiro atoms. The summed E-state index contributed by atoms with van der Waals surface area (Å²) in [5.41, 5.74) is 1.17. The maximum atomic E-state index is 12.5. The molecule has 0 aliphatic rings. The van der Waals surface area contributed by atoms with Crippen LogP contribution >= 0.6 is 11.6 Å². The van der Waals surface area contributed by atoms with Crippen molar-refractivity contribution in [3.63, 3.8) is 0 Å². The summed E-state index contributed by atoms with van der Waals surface area (Å²) < 4.78 is 6.45. The molecule has 0 fully saturated rings. The maximum absolute atomic E-state index is 12.5. The number of carbonyl (C=O) groups excluding carboxylic acids is 1. The van der Waals surface area contributed by atoms with Crippen molar-refractivity contribution in [1.29, 1.82) is 0 Å². The van der Waals surface area contributed by atoms with Crippen LogP contribution in [0.25, 0.3) is 16.9 Å². The lowest BCUT2D eigenvalue weighted by Crippen LogP contribution is -2.20. The van der Waals surface area contributed by atoms with Crippen LogP contribution in [0.5, 0.6) is 0 Å². The van der Waals surface area contributed by atoms with Gasteiger partial charge in [0, 0.05) is 10.6 Å². The molecule has 0 atom stereocenters. The van der Waals surface area contributed by atoms with Gasteiger partial charge in [-0.3, -0.25) is 4.57 Å². The van der Waals surface area contributed by atoms with Gasteiger partial charge in [0.25, 0.3) is 0 Å². The minimum atomic E-state index is -0.588. The summed E-state index contributed by atoms with van der Waals surface area (Å²) in [6.45, 7) is 1.92. The maximum Gasteiger partial charge on any atom is 0.357 e. The van der Waals surface area contributed by atoms with Crippen molar-refractivity contribution in [3.05, 3.63) is 75.8 Å². The number of nitrogens with one attached hydrogen (secondary N) is 1. The Hall–Kier alpha value is -2.79. The number of H-pyrrole nitrogens is 1. The van der Waals surface area contributed by atoms with E-state index >= 15 is 0 Å². The fourth-order valence-corrected chi connectivity index (χ4v) is 2.74. The summed E-state index contributed by atoms with van der Waals surface area (Å²) in [5.74, 6) is -0.588. The standard InChI is InChI=1S/C18H15ClN2O3/c1-2-24-17(22)16-15(13-10-6-7-11-14(13)19)20-18(23)21(16)12-8-4-3-5-9-12/h3-11H,2H2,1H3,(H,20,23). The Bertz CT molecular complexity index is 929. The van der Waals surface area contributed by atoms with E-state index in [1.54, 1.807) is 55.5 Å². The first-order valence-electron chi connectivity index (χ1n) is 7.46. The molecule has 0 aliphatic carbocycles. The lowest BCUT2D eigenvalue weighted by Gasteiger charge is -2.09. The Morgan fingerprint density at radius 3 is 2.46 bits per heavy atom. The van der Waals surface area contributed by atoms with E-state index in [4.69, 9.17) is 16.3 Å². The molecule has 2 aromatic carbocycles. The Kier molecular flexibility index (Phi) is 4.53. The normalized spacial score (nSPS) is 10.6. The number of ether oxygens (including phenoxy) is 1. The van der Waals surface area contributed by atoms with Crippen LogP contribution in [0, 0.1) is 0 Å². The molecule has 5 nitrogen and oxygen atoms in total. The Balaban J connectivity index is 2.30. The minimum Gasteiger partial charge on any atom is -0.461 e. The number of hydrogen-bond donors (Lipinski definition) is 1. The SMILES string of the molecule is CCOC(=O)c1c(-c2ccccc2Cl)[nH]c(=O)n1-c1ccccc1. The highest BCUT2D eigenvalue weighted by Gasteiger charge is 2.25. The summed E-state index contributed by atoms with van der Waals surface area (Å²) in [5, 5.41) is 0.435. The van der Waals surface area contributed by atoms with Crippen LogP contribution in [0.2, 0.25) is 5.02 Å². The number of halogens is 1. The predicted octanol–water partition coefficient (Wildman–Crippen LogP) is 3.66. The van der Waals surface area contributed by atoms with Gasteiger partial charge in [-0.25, -0.2) is 9.59 Å². The van der Waals surface area contributed by atoms with Gasteiger partial charge in [-0.1, -0.05) is 48.0 Å². The van der Waals surface area contributed by atoms with Gasteiger partial charge >= 0.3 is 11.7 Å². The van der Waals surface area contributed by atoms with E-state index in [-0.39, 0.29) is 12.3 Å². The molecule has 0 saturated heterocycles. The third kappa shape index (κ3) is 2.86. The first-order chi connectivity index (χ1) is 11.6. The molecular weight excluding hydrogens is 328 g/mol. The lowest BCUT2D eigenvalue weighted by atomic mass is 10.1. The van der Waals surface area contributed by atoms with Crippen molar-refractivity contribution in [1.82, 2.24) is 9.55 Å². The number of aromatic nitrogens is 2. The highest BCUT2D eigenvalue weighted by Crippen LogP contribution is 2.29. The van der Waals surface area contributed by atoms with Crippen LogP contribution < -0.4 is 5.69 Å². The second-order valence-corrected chi connectivity index (χ2v) is 5.43. The molecule has 1 heterocycles. The monoisotopic (exact) mass is 342 g/mol. The zero-order valence-electron chi connectivity index (χ0n) is 13.0. The number of carbonyl (C=O) groups is 1. The fraction of sp³-hybridized carbons (Fsp3) is 0.111. The first-order valence-corrected chi connectivity index (χ1v) is 7.83. The van der Waals surface area contributed by atoms with Crippen LogP contribution in [-0.2, 0) is 4.74 Å². The predicted molar refractivity (Wildman–Crippen MR) is 92.8 cm³/mol. The molecule has 0 radical (unpaired) electrons. The molecular formula is C18H15ClN2O3. The van der Waals surface area contributed by atoms with E-state index < -0.39 is 11.7 Å². The molecule has 1 aromatic heterocycles. The summed E-state index contributed by atoms with van der Waals surface area (Å²) in [4.78, 5) is 27.8. The number of hydrogen-bond acceptors (Lipinski definition) is 3. The van der Waals surface area contributed by atoms with Gasteiger partial charge in [-0.2, -0.15) is 0 Å². The van der Waals surface area contributed by atoms with E-state index in [2.05, 4.69) is 4.98 Å². The molecule has 3 rings (SSSR count). The number of para-hydroxylation sites is 1. The third-order valence-electron chi connectivity index (χ3n) is 3.52. The lowest BCUT2D eigenvalue weighted by molar-refractivity contribution is 0.0517. The van der Waals surface area contributed by atoms with Crippen molar-refractivity contribution in [2.45, 2.75) is 6.92 Å². The molecule has 0 bridgehead atoms. The summed E-state index contributed by atoms with van der Waals surface area (Å²) in [6.07, 6.45) is 0. The van der Waals surface area contributed by atoms with Crippen molar-refractivity contribution >= 4 is 17.6 Å². The fourth-order valence-electron chi connectivity index (χ4n) is 2.51.